The number of likely N-dealkylation sites (tertiary alicyclic amines) is 2. The summed E-state index contributed by atoms with van der Waals surface area (Å²) >= 11 is 0. The number of rotatable bonds is 4. The van der Waals surface area contributed by atoms with Gasteiger partial charge in [0.2, 0.25) is 0 Å². The molecule has 20 heavy (non-hydrogen) atoms. The molecule has 1 atom stereocenters. The summed E-state index contributed by atoms with van der Waals surface area (Å²) < 4.78 is 5.31. The lowest BCUT2D eigenvalue weighted by Crippen LogP contribution is -2.47. The number of carbonyl (C=O) groups excluding carboxylic acids is 1. The highest BCUT2D eigenvalue weighted by Crippen LogP contribution is 2.23. The molecule has 1 unspecified atom stereocenters. The third kappa shape index (κ3) is 3.85. The molecule has 1 N–H and O–H groups in total. The van der Waals surface area contributed by atoms with Crippen LogP contribution in [0.3, 0.4) is 0 Å². The Hall–Kier alpha value is -1.30. The quantitative estimate of drug-likeness (QED) is 0.847. The number of ether oxygens (including phenoxy) is 1. The van der Waals surface area contributed by atoms with E-state index < -0.39 is 5.97 Å². The molecule has 0 aromatic rings. The first-order chi connectivity index (χ1) is 9.60. The van der Waals surface area contributed by atoms with Gasteiger partial charge >= 0.3 is 12.0 Å². The van der Waals surface area contributed by atoms with Crippen molar-refractivity contribution in [2.75, 3.05) is 33.3 Å². The van der Waals surface area contributed by atoms with Crippen LogP contribution in [0.15, 0.2) is 0 Å². The van der Waals surface area contributed by atoms with E-state index >= 15 is 0 Å². The number of piperidine rings is 1. The lowest BCUT2D eigenvalue weighted by molar-refractivity contribution is -0.137. The number of nitrogens with zero attached hydrogens (tertiary/aromatic N) is 2. The molecule has 2 aliphatic rings. The van der Waals surface area contributed by atoms with Crippen LogP contribution in [-0.4, -0.2) is 66.3 Å². The van der Waals surface area contributed by atoms with Crippen molar-refractivity contribution in [3.63, 3.8) is 0 Å². The van der Waals surface area contributed by atoms with E-state index in [1.54, 1.807) is 7.11 Å². The second-order valence-electron chi connectivity index (χ2n) is 5.74. The van der Waals surface area contributed by atoms with Gasteiger partial charge in [-0.15, -0.1) is 0 Å². The van der Waals surface area contributed by atoms with Crippen LogP contribution < -0.4 is 0 Å². The zero-order chi connectivity index (χ0) is 14.5. The average Bonchev–Trinajstić information content (AvgIpc) is 2.93. The normalized spacial score (nSPS) is 24.1. The summed E-state index contributed by atoms with van der Waals surface area (Å²) in [6.45, 7) is 2.98. The van der Waals surface area contributed by atoms with Crippen LogP contribution in [0.2, 0.25) is 0 Å². The first kappa shape index (κ1) is 15.1. The van der Waals surface area contributed by atoms with Gasteiger partial charge in [0.15, 0.2) is 0 Å². The van der Waals surface area contributed by atoms with E-state index in [0.29, 0.717) is 18.9 Å². The average molecular weight is 284 g/mol. The third-order valence-electron chi connectivity index (χ3n) is 4.37. The number of hydrogen-bond acceptors (Lipinski definition) is 3. The summed E-state index contributed by atoms with van der Waals surface area (Å²) in [5.41, 5.74) is 0. The van der Waals surface area contributed by atoms with Gasteiger partial charge in [-0.05, 0) is 31.6 Å². The number of aliphatic carboxylic acids is 1. The predicted octanol–water partition coefficient (Wildman–Crippen LogP) is 1.40. The smallest absolute Gasteiger partial charge is 0.320 e. The molecule has 2 rings (SSSR count). The molecule has 0 spiro atoms. The first-order valence-electron chi connectivity index (χ1n) is 7.38. The van der Waals surface area contributed by atoms with Crippen molar-refractivity contribution in [3.8, 4) is 0 Å². The molecule has 0 aliphatic carbocycles. The molecule has 2 heterocycles. The Kier molecular flexibility index (Phi) is 5.23. The fourth-order valence-corrected chi connectivity index (χ4v) is 3.05. The molecular weight excluding hydrogens is 260 g/mol. The van der Waals surface area contributed by atoms with Crippen molar-refractivity contribution in [2.45, 2.75) is 38.2 Å². The number of hydrogen-bond donors (Lipinski definition) is 1. The Morgan fingerprint density at radius 2 is 1.80 bits per heavy atom. The third-order valence-corrected chi connectivity index (χ3v) is 4.37. The zero-order valence-electron chi connectivity index (χ0n) is 12.1. The molecule has 2 amide bonds. The molecule has 0 saturated carbocycles. The van der Waals surface area contributed by atoms with E-state index in [1.807, 2.05) is 9.80 Å². The van der Waals surface area contributed by atoms with E-state index in [1.165, 1.54) is 0 Å². The Morgan fingerprint density at radius 1 is 1.15 bits per heavy atom. The number of methoxy groups -OCH3 is 1. The molecular formula is C14H24N2O4. The maximum Gasteiger partial charge on any atom is 0.320 e. The van der Waals surface area contributed by atoms with Gasteiger partial charge in [0.05, 0.1) is 6.10 Å². The van der Waals surface area contributed by atoms with Crippen molar-refractivity contribution >= 4 is 12.0 Å². The van der Waals surface area contributed by atoms with Crippen LogP contribution in [0.5, 0.6) is 0 Å². The van der Waals surface area contributed by atoms with Gasteiger partial charge in [-0.25, -0.2) is 4.79 Å². The van der Waals surface area contributed by atoms with Crippen LogP contribution in [0.4, 0.5) is 4.79 Å². The van der Waals surface area contributed by atoms with E-state index in [4.69, 9.17) is 9.84 Å². The zero-order valence-corrected chi connectivity index (χ0v) is 12.1. The van der Waals surface area contributed by atoms with Crippen molar-refractivity contribution in [2.24, 2.45) is 5.92 Å². The number of carboxylic acid groups (broad SMARTS) is 1. The van der Waals surface area contributed by atoms with Crippen LogP contribution in [0.1, 0.15) is 32.1 Å². The maximum atomic E-state index is 12.4. The summed E-state index contributed by atoms with van der Waals surface area (Å²) in [5, 5.41) is 8.70. The minimum absolute atomic E-state index is 0.109. The number of amides is 2. The molecule has 6 heteroatoms. The van der Waals surface area contributed by atoms with Crippen LogP contribution in [0, 0.1) is 5.92 Å². The predicted molar refractivity (Wildman–Crippen MR) is 73.5 cm³/mol. The van der Waals surface area contributed by atoms with Crippen molar-refractivity contribution in [1.29, 1.82) is 0 Å². The van der Waals surface area contributed by atoms with Gasteiger partial charge in [-0.2, -0.15) is 0 Å². The lowest BCUT2D eigenvalue weighted by Gasteiger charge is -2.34. The number of urea groups is 1. The van der Waals surface area contributed by atoms with E-state index in [9.17, 15) is 9.59 Å². The van der Waals surface area contributed by atoms with Gasteiger partial charge in [-0.3, -0.25) is 4.79 Å². The first-order valence-corrected chi connectivity index (χ1v) is 7.38. The van der Waals surface area contributed by atoms with Gasteiger partial charge < -0.3 is 19.6 Å². The van der Waals surface area contributed by atoms with Crippen molar-refractivity contribution in [3.05, 3.63) is 0 Å². The fourth-order valence-electron chi connectivity index (χ4n) is 3.05. The minimum Gasteiger partial charge on any atom is -0.481 e. The Bertz CT molecular complexity index is 353. The second kappa shape index (κ2) is 6.92. The van der Waals surface area contributed by atoms with Crippen LogP contribution in [-0.2, 0) is 9.53 Å². The van der Waals surface area contributed by atoms with E-state index in [2.05, 4.69) is 0 Å². The lowest BCUT2D eigenvalue weighted by atomic mass is 10.0. The molecule has 0 aromatic carbocycles. The molecule has 2 saturated heterocycles. The second-order valence-corrected chi connectivity index (χ2v) is 5.74. The summed E-state index contributed by atoms with van der Waals surface area (Å²) in [6.07, 6.45) is 3.88. The molecule has 2 aliphatic heterocycles. The number of carbonyl (C=O) groups is 2. The van der Waals surface area contributed by atoms with Crippen molar-refractivity contribution < 1.29 is 19.4 Å². The highest BCUT2D eigenvalue weighted by molar-refractivity contribution is 5.75. The maximum absolute atomic E-state index is 12.4. The molecule has 6 nitrogen and oxygen atoms in total. The number of carboxylic acids is 1. The van der Waals surface area contributed by atoms with E-state index in [0.717, 1.165) is 38.9 Å². The summed E-state index contributed by atoms with van der Waals surface area (Å²) in [4.78, 5) is 26.7. The molecule has 0 bridgehead atoms. The Labute approximate surface area is 119 Å². The minimum atomic E-state index is -0.753. The Balaban J connectivity index is 1.75. The van der Waals surface area contributed by atoms with Gasteiger partial charge in [0.25, 0.3) is 0 Å². The van der Waals surface area contributed by atoms with E-state index in [-0.39, 0.29) is 18.6 Å². The van der Waals surface area contributed by atoms with Crippen LogP contribution >= 0.6 is 0 Å². The molecule has 114 valence electrons. The van der Waals surface area contributed by atoms with Gasteiger partial charge in [0.1, 0.15) is 0 Å². The molecule has 0 aromatic heterocycles. The van der Waals surface area contributed by atoms with Crippen molar-refractivity contribution in [1.82, 2.24) is 9.80 Å². The highest BCUT2D eigenvalue weighted by Gasteiger charge is 2.31. The summed E-state index contributed by atoms with van der Waals surface area (Å²) in [5.74, 6) is -0.414. The summed E-state index contributed by atoms with van der Waals surface area (Å²) in [7, 11) is 1.72. The molecule has 0 radical (unpaired) electrons. The summed E-state index contributed by atoms with van der Waals surface area (Å²) in [6, 6.07) is 0.109. The SMILES string of the molecule is COC1CCN(C(=O)N2CCC(CCC(=O)O)C2)CC1. The highest BCUT2D eigenvalue weighted by atomic mass is 16.5. The van der Waals surface area contributed by atoms with Crippen LogP contribution in [0.25, 0.3) is 0 Å². The molecule has 2 fully saturated rings. The van der Waals surface area contributed by atoms with Gasteiger partial charge in [0, 0.05) is 39.7 Å². The van der Waals surface area contributed by atoms with Gasteiger partial charge in [-0.1, -0.05) is 0 Å². The standard InChI is InChI=1S/C14H24N2O4/c1-20-12-5-8-15(9-6-12)14(19)16-7-4-11(10-16)2-3-13(17)18/h11-12H,2-10H2,1H3,(H,17,18). The Morgan fingerprint density at radius 3 is 2.40 bits per heavy atom. The monoisotopic (exact) mass is 284 g/mol. The topological polar surface area (TPSA) is 70.1 Å². The largest absolute Gasteiger partial charge is 0.481 e. The fraction of sp³-hybridized carbons (Fsp3) is 0.857.